The summed E-state index contributed by atoms with van der Waals surface area (Å²) in [6.07, 6.45) is 2.43. The molecule has 2 saturated heterocycles. The SMILES string of the molecule is CC(C)CN1C(=O)CC[C@H]2CN(C(=O)NCc3cccs3)CC[C@H]21. The molecule has 2 aliphatic heterocycles. The Morgan fingerprint density at radius 2 is 2.25 bits per heavy atom. The van der Waals surface area contributed by atoms with Gasteiger partial charge in [0.15, 0.2) is 0 Å². The van der Waals surface area contributed by atoms with Crippen LogP contribution in [-0.4, -0.2) is 47.4 Å². The van der Waals surface area contributed by atoms with E-state index in [4.69, 9.17) is 0 Å². The molecule has 6 heteroatoms. The van der Waals surface area contributed by atoms with Crippen molar-refractivity contribution in [3.63, 3.8) is 0 Å². The molecule has 0 saturated carbocycles. The van der Waals surface area contributed by atoms with Crippen molar-refractivity contribution in [3.8, 4) is 0 Å². The van der Waals surface area contributed by atoms with E-state index < -0.39 is 0 Å². The highest BCUT2D eigenvalue weighted by Gasteiger charge is 2.40. The molecule has 5 nitrogen and oxygen atoms in total. The predicted molar refractivity (Wildman–Crippen MR) is 95.8 cm³/mol. The largest absolute Gasteiger partial charge is 0.339 e. The summed E-state index contributed by atoms with van der Waals surface area (Å²) >= 11 is 1.66. The van der Waals surface area contributed by atoms with Gasteiger partial charge in [0.25, 0.3) is 0 Å². The summed E-state index contributed by atoms with van der Waals surface area (Å²) in [5, 5.41) is 5.04. The second kappa shape index (κ2) is 7.55. The molecule has 3 heterocycles. The van der Waals surface area contributed by atoms with Crippen LogP contribution >= 0.6 is 11.3 Å². The molecule has 0 aromatic carbocycles. The van der Waals surface area contributed by atoms with Crippen LogP contribution in [0, 0.1) is 11.8 Å². The maximum atomic E-state index is 12.4. The first-order valence-electron chi connectivity index (χ1n) is 8.89. The lowest BCUT2D eigenvalue weighted by Crippen LogP contribution is -2.58. The maximum Gasteiger partial charge on any atom is 0.317 e. The van der Waals surface area contributed by atoms with E-state index >= 15 is 0 Å². The summed E-state index contributed by atoms with van der Waals surface area (Å²) in [6.45, 7) is 7.25. The van der Waals surface area contributed by atoms with Crippen molar-refractivity contribution in [3.05, 3.63) is 22.4 Å². The fraction of sp³-hybridized carbons (Fsp3) is 0.667. The van der Waals surface area contributed by atoms with Gasteiger partial charge in [-0.25, -0.2) is 4.79 Å². The minimum atomic E-state index is 0.0224. The highest BCUT2D eigenvalue weighted by molar-refractivity contribution is 7.09. The van der Waals surface area contributed by atoms with E-state index in [1.165, 1.54) is 4.88 Å². The molecule has 1 aromatic rings. The highest BCUT2D eigenvalue weighted by atomic mass is 32.1. The van der Waals surface area contributed by atoms with E-state index in [9.17, 15) is 9.59 Å². The van der Waals surface area contributed by atoms with Gasteiger partial charge >= 0.3 is 6.03 Å². The summed E-state index contributed by atoms with van der Waals surface area (Å²) in [5.74, 6) is 1.20. The molecule has 1 N–H and O–H groups in total. The Morgan fingerprint density at radius 3 is 2.96 bits per heavy atom. The number of hydrogen-bond donors (Lipinski definition) is 1. The van der Waals surface area contributed by atoms with Gasteiger partial charge in [-0.2, -0.15) is 0 Å². The van der Waals surface area contributed by atoms with E-state index in [1.54, 1.807) is 11.3 Å². The molecule has 24 heavy (non-hydrogen) atoms. The van der Waals surface area contributed by atoms with Crippen LogP contribution in [0.3, 0.4) is 0 Å². The number of carbonyl (C=O) groups is 2. The molecule has 3 amide bonds. The van der Waals surface area contributed by atoms with Crippen LogP contribution in [0.25, 0.3) is 0 Å². The van der Waals surface area contributed by atoms with Crippen molar-refractivity contribution in [2.24, 2.45) is 11.8 Å². The molecular weight excluding hydrogens is 322 g/mol. The van der Waals surface area contributed by atoms with Crippen LogP contribution in [0.4, 0.5) is 4.79 Å². The second-order valence-electron chi connectivity index (χ2n) is 7.28. The number of nitrogens with one attached hydrogen (secondary N) is 1. The molecule has 3 rings (SSSR count). The van der Waals surface area contributed by atoms with Crippen molar-refractivity contribution >= 4 is 23.3 Å². The quantitative estimate of drug-likeness (QED) is 0.909. The zero-order chi connectivity index (χ0) is 17.1. The standard InChI is InChI=1S/C18H27N3O2S/c1-13(2)11-21-16-7-8-20(12-14(16)5-6-17(21)22)18(23)19-10-15-4-3-9-24-15/h3-4,9,13-14,16H,5-8,10-12H2,1-2H3,(H,19,23)/t14-,16+/m0/s1. The first-order chi connectivity index (χ1) is 11.5. The van der Waals surface area contributed by atoms with Gasteiger partial charge < -0.3 is 15.1 Å². The normalized spacial score (nSPS) is 24.2. The fourth-order valence-corrected chi connectivity index (χ4v) is 4.50. The average molecular weight is 350 g/mol. The van der Waals surface area contributed by atoms with Gasteiger partial charge in [0.2, 0.25) is 5.91 Å². The first kappa shape index (κ1) is 17.3. The van der Waals surface area contributed by atoms with Crippen LogP contribution < -0.4 is 5.32 Å². The molecular formula is C18H27N3O2S. The lowest BCUT2D eigenvalue weighted by molar-refractivity contribution is -0.141. The van der Waals surface area contributed by atoms with E-state index in [0.29, 0.717) is 36.8 Å². The Labute approximate surface area is 148 Å². The number of fused-ring (bicyclic) bond motifs is 1. The van der Waals surface area contributed by atoms with Crippen molar-refractivity contribution in [2.75, 3.05) is 19.6 Å². The van der Waals surface area contributed by atoms with Crippen molar-refractivity contribution < 1.29 is 9.59 Å². The Kier molecular flexibility index (Phi) is 5.43. The Balaban J connectivity index is 1.56. The number of likely N-dealkylation sites (tertiary alicyclic amines) is 2. The fourth-order valence-electron chi connectivity index (χ4n) is 3.85. The highest BCUT2D eigenvalue weighted by Crippen LogP contribution is 2.31. The van der Waals surface area contributed by atoms with Crippen LogP contribution in [0.1, 0.15) is 38.0 Å². The molecule has 0 unspecified atom stereocenters. The number of hydrogen-bond acceptors (Lipinski definition) is 3. The second-order valence-corrected chi connectivity index (χ2v) is 8.31. The van der Waals surface area contributed by atoms with E-state index in [0.717, 1.165) is 32.5 Å². The number of thiophene rings is 1. The number of urea groups is 1. The van der Waals surface area contributed by atoms with E-state index in [-0.39, 0.29) is 6.03 Å². The van der Waals surface area contributed by atoms with Crippen molar-refractivity contribution in [2.45, 2.75) is 45.7 Å². The lowest BCUT2D eigenvalue weighted by atomic mass is 9.83. The minimum absolute atomic E-state index is 0.0224. The van der Waals surface area contributed by atoms with Gasteiger partial charge in [-0.1, -0.05) is 19.9 Å². The van der Waals surface area contributed by atoms with Gasteiger partial charge in [0.1, 0.15) is 0 Å². The monoisotopic (exact) mass is 349 g/mol. The molecule has 0 spiro atoms. The molecule has 2 aliphatic rings. The van der Waals surface area contributed by atoms with Crippen molar-refractivity contribution in [1.29, 1.82) is 0 Å². The van der Waals surface area contributed by atoms with E-state index in [2.05, 4.69) is 24.1 Å². The van der Waals surface area contributed by atoms with Crippen LogP contribution in [0.5, 0.6) is 0 Å². The van der Waals surface area contributed by atoms with E-state index in [1.807, 2.05) is 22.4 Å². The van der Waals surface area contributed by atoms with Gasteiger partial charge in [0.05, 0.1) is 6.54 Å². The number of nitrogens with zero attached hydrogens (tertiary/aromatic N) is 2. The summed E-state index contributed by atoms with van der Waals surface area (Å²) in [6, 6.07) is 4.37. The Morgan fingerprint density at radius 1 is 1.42 bits per heavy atom. The maximum absolute atomic E-state index is 12.4. The van der Waals surface area contributed by atoms with Gasteiger partial charge in [-0.3, -0.25) is 4.79 Å². The molecule has 2 atom stereocenters. The topological polar surface area (TPSA) is 52.7 Å². The summed E-state index contributed by atoms with van der Waals surface area (Å²) in [4.78, 5) is 29.9. The molecule has 0 aliphatic carbocycles. The zero-order valence-corrected chi connectivity index (χ0v) is 15.3. The average Bonchev–Trinajstić information content (AvgIpc) is 3.08. The van der Waals surface area contributed by atoms with Crippen LogP contribution in [0.15, 0.2) is 17.5 Å². The smallest absolute Gasteiger partial charge is 0.317 e. The summed E-state index contributed by atoms with van der Waals surface area (Å²) in [5.41, 5.74) is 0. The predicted octanol–water partition coefficient (Wildman–Crippen LogP) is 2.93. The van der Waals surface area contributed by atoms with Crippen LogP contribution in [-0.2, 0) is 11.3 Å². The van der Waals surface area contributed by atoms with Crippen molar-refractivity contribution in [1.82, 2.24) is 15.1 Å². The molecule has 2 fully saturated rings. The van der Waals surface area contributed by atoms with Gasteiger partial charge in [-0.15, -0.1) is 11.3 Å². The van der Waals surface area contributed by atoms with Gasteiger partial charge in [-0.05, 0) is 36.1 Å². The van der Waals surface area contributed by atoms with Gasteiger partial charge in [0, 0.05) is 37.0 Å². The third-order valence-corrected chi connectivity index (χ3v) is 5.86. The molecule has 0 radical (unpaired) electrons. The number of piperidine rings is 2. The molecule has 0 bridgehead atoms. The first-order valence-corrected chi connectivity index (χ1v) is 9.77. The summed E-state index contributed by atoms with van der Waals surface area (Å²) in [7, 11) is 0. The lowest BCUT2D eigenvalue weighted by Gasteiger charge is -2.47. The third-order valence-electron chi connectivity index (χ3n) is 4.99. The Bertz CT molecular complexity index is 573. The third kappa shape index (κ3) is 3.91. The molecule has 1 aromatic heterocycles. The number of amides is 3. The zero-order valence-electron chi connectivity index (χ0n) is 14.5. The summed E-state index contributed by atoms with van der Waals surface area (Å²) < 4.78 is 0. The van der Waals surface area contributed by atoms with Crippen LogP contribution in [0.2, 0.25) is 0 Å². The number of rotatable bonds is 4. The number of carbonyl (C=O) groups excluding carboxylic acids is 2. The molecule has 132 valence electrons. The minimum Gasteiger partial charge on any atom is -0.339 e. The Hall–Kier alpha value is -1.56.